The zero-order valence-corrected chi connectivity index (χ0v) is 12.9. The molecule has 0 saturated heterocycles. The lowest BCUT2D eigenvalue weighted by Crippen LogP contribution is -2.27. The van der Waals surface area contributed by atoms with Crippen molar-refractivity contribution in [3.63, 3.8) is 0 Å². The van der Waals surface area contributed by atoms with Crippen molar-refractivity contribution in [2.75, 3.05) is 6.54 Å². The highest BCUT2D eigenvalue weighted by Gasteiger charge is 2.25. The van der Waals surface area contributed by atoms with Gasteiger partial charge in [-0.1, -0.05) is 34.6 Å². The van der Waals surface area contributed by atoms with Gasteiger partial charge in [0.05, 0.1) is 0 Å². The summed E-state index contributed by atoms with van der Waals surface area (Å²) in [6, 6.07) is 2.75. The maximum Gasteiger partial charge on any atom is 0.0420 e. The van der Waals surface area contributed by atoms with E-state index in [1.165, 1.54) is 16.9 Å². The van der Waals surface area contributed by atoms with Gasteiger partial charge in [-0.15, -0.1) is 11.3 Å². The van der Waals surface area contributed by atoms with Crippen molar-refractivity contribution in [2.45, 2.75) is 54.0 Å². The summed E-state index contributed by atoms with van der Waals surface area (Å²) in [5, 5.41) is 5.84. The van der Waals surface area contributed by atoms with E-state index in [9.17, 15) is 0 Å². The van der Waals surface area contributed by atoms with E-state index in [-0.39, 0.29) is 0 Å². The lowest BCUT2D eigenvalue weighted by Gasteiger charge is -2.31. The number of hydrogen-bond acceptors (Lipinski definition) is 2. The van der Waals surface area contributed by atoms with E-state index in [0.717, 1.165) is 6.54 Å². The van der Waals surface area contributed by atoms with Crippen LogP contribution in [0.4, 0.5) is 0 Å². The molecule has 2 unspecified atom stereocenters. The summed E-state index contributed by atoms with van der Waals surface area (Å²) in [6.45, 7) is 14.8. The van der Waals surface area contributed by atoms with E-state index >= 15 is 0 Å². The van der Waals surface area contributed by atoms with Crippen LogP contribution in [0.5, 0.6) is 0 Å². The molecule has 1 aromatic heterocycles. The zero-order valence-electron chi connectivity index (χ0n) is 12.1. The van der Waals surface area contributed by atoms with Gasteiger partial charge in [0.2, 0.25) is 0 Å². The Hall–Kier alpha value is -0.340. The summed E-state index contributed by atoms with van der Waals surface area (Å²) in [6.07, 6.45) is 1.22. The lowest BCUT2D eigenvalue weighted by molar-refractivity contribution is 0.224. The highest BCUT2D eigenvalue weighted by Crippen LogP contribution is 2.35. The maximum atomic E-state index is 3.64. The van der Waals surface area contributed by atoms with Crippen molar-refractivity contribution in [2.24, 2.45) is 11.3 Å². The van der Waals surface area contributed by atoms with Crippen LogP contribution in [0.15, 0.2) is 11.4 Å². The van der Waals surface area contributed by atoms with Gasteiger partial charge in [0.1, 0.15) is 0 Å². The Labute approximate surface area is 111 Å². The first kappa shape index (κ1) is 14.7. The largest absolute Gasteiger partial charge is 0.310 e. The number of thiophene rings is 1. The Morgan fingerprint density at radius 2 is 2.00 bits per heavy atom. The molecular formula is C15H27NS. The Morgan fingerprint density at radius 1 is 1.35 bits per heavy atom. The molecule has 0 bridgehead atoms. The van der Waals surface area contributed by atoms with Gasteiger partial charge in [-0.05, 0) is 48.2 Å². The van der Waals surface area contributed by atoms with Gasteiger partial charge in [-0.25, -0.2) is 0 Å². The SMILES string of the molecule is CCNC(CC(C)C(C)(C)C)c1sccc1C. The number of nitrogens with one attached hydrogen (secondary N) is 1. The molecule has 2 atom stereocenters. The van der Waals surface area contributed by atoms with Gasteiger partial charge in [0, 0.05) is 10.9 Å². The molecule has 1 N–H and O–H groups in total. The fourth-order valence-corrected chi connectivity index (χ4v) is 2.99. The molecule has 0 radical (unpaired) electrons. The normalized spacial score (nSPS) is 15.9. The van der Waals surface area contributed by atoms with Crippen LogP contribution in [0.25, 0.3) is 0 Å². The second-order valence-corrected chi connectivity index (χ2v) is 7.03. The Balaban J connectivity index is 2.78. The smallest absolute Gasteiger partial charge is 0.0420 e. The van der Waals surface area contributed by atoms with Crippen LogP contribution in [-0.4, -0.2) is 6.54 Å². The Bertz CT molecular complexity index is 335. The van der Waals surface area contributed by atoms with Crippen LogP contribution in [0.2, 0.25) is 0 Å². The van der Waals surface area contributed by atoms with Gasteiger partial charge < -0.3 is 5.32 Å². The standard InChI is InChI=1S/C15H27NS/c1-7-16-13(10-12(3)15(4,5)6)14-11(2)8-9-17-14/h8-9,12-13,16H,7,10H2,1-6H3. The van der Waals surface area contributed by atoms with E-state index in [1.54, 1.807) is 0 Å². The number of hydrogen-bond donors (Lipinski definition) is 1. The van der Waals surface area contributed by atoms with Crippen molar-refractivity contribution in [1.82, 2.24) is 5.32 Å². The van der Waals surface area contributed by atoms with Gasteiger partial charge >= 0.3 is 0 Å². The molecule has 17 heavy (non-hydrogen) atoms. The minimum absolute atomic E-state index is 0.388. The van der Waals surface area contributed by atoms with E-state index in [1.807, 2.05) is 11.3 Å². The molecule has 1 aromatic rings. The topological polar surface area (TPSA) is 12.0 Å². The molecule has 0 aliphatic rings. The van der Waals surface area contributed by atoms with Crippen molar-refractivity contribution < 1.29 is 0 Å². The molecule has 2 heteroatoms. The molecule has 0 fully saturated rings. The summed E-state index contributed by atoms with van der Waals surface area (Å²) in [7, 11) is 0. The van der Waals surface area contributed by atoms with Crippen LogP contribution >= 0.6 is 11.3 Å². The fourth-order valence-electron chi connectivity index (χ4n) is 1.98. The summed E-state index contributed by atoms with van der Waals surface area (Å²) >= 11 is 1.89. The molecule has 98 valence electrons. The molecular weight excluding hydrogens is 226 g/mol. The summed E-state index contributed by atoms with van der Waals surface area (Å²) < 4.78 is 0. The summed E-state index contributed by atoms with van der Waals surface area (Å²) in [5.41, 5.74) is 1.82. The van der Waals surface area contributed by atoms with Crippen LogP contribution in [0.3, 0.4) is 0 Å². The first-order valence-corrected chi connectivity index (χ1v) is 7.51. The molecule has 0 saturated carbocycles. The zero-order chi connectivity index (χ0) is 13.1. The molecule has 0 aromatic carbocycles. The minimum Gasteiger partial charge on any atom is -0.310 e. The molecule has 1 heterocycles. The predicted octanol–water partition coefficient (Wildman–Crippen LogP) is 4.78. The Morgan fingerprint density at radius 3 is 2.41 bits per heavy atom. The van der Waals surface area contributed by atoms with E-state index in [2.05, 4.69) is 58.3 Å². The fraction of sp³-hybridized carbons (Fsp3) is 0.733. The molecule has 0 aliphatic heterocycles. The average molecular weight is 253 g/mol. The second kappa shape index (κ2) is 6.01. The lowest BCUT2D eigenvalue weighted by atomic mass is 9.78. The van der Waals surface area contributed by atoms with Crippen molar-refractivity contribution in [3.05, 3.63) is 21.9 Å². The molecule has 0 aliphatic carbocycles. The first-order valence-electron chi connectivity index (χ1n) is 6.63. The predicted molar refractivity (Wildman–Crippen MR) is 78.7 cm³/mol. The van der Waals surface area contributed by atoms with Crippen molar-refractivity contribution in [3.8, 4) is 0 Å². The van der Waals surface area contributed by atoms with Crippen LogP contribution in [0, 0.1) is 18.3 Å². The highest BCUT2D eigenvalue weighted by molar-refractivity contribution is 7.10. The minimum atomic E-state index is 0.388. The quantitative estimate of drug-likeness (QED) is 0.796. The van der Waals surface area contributed by atoms with E-state index in [0.29, 0.717) is 17.4 Å². The van der Waals surface area contributed by atoms with Crippen molar-refractivity contribution >= 4 is 11.3 Å². The van der Waals surface area contributed by atoms with Crippen LogP contribution < -0.4 is 5.32 Å². The third kappa shape index (κ3) is 4.11. The van der Waals surface area contributed by atoms with Gasteiger partial charge in [-0.3, -0.25) is 0 Å². The molecule has 0 spiro atoms. The first-order chi connectivity index (χ1) is 7.86. The summed E-state index contributed by atoms with van der Waals surface area (Å²) in [5.74, 6) is 0.716. The second-order valence-electron chi connectivity index (χ2n) is 6.08. The molecule has 1 rings (SSSR count). The number of aryl methyl sites for hydroxylation is 1. The summed E-state index contributed by atoms with van der Waals surface area (Å²) in [4.78, 5) is 1.52. The molecule has 1 nitrogen and oxygen atoms in total. The van der Waals surface area contributed by atoms with E-state index < -0.39 is 0 Å². The third-order valence-corrected chi connectivity index (χ3v) is 4.87. The Kier molecular flexibility index (Phi) is 5.21. The van der Waals surface area contributed by atoms with Crippen LogP contribution in [-0.2, 0) is 0 Å². The van der Waals surface area contributed by atoms with Gasteiger partial charge in [0.25, 0.3) is 0 Å². The van der Waals surface area contributed by atoms with E-state index in [4.69, 9.17) is 0 Å². The van der Waals surface area contributed by atoms with Gasteiger partial charge in [-0.2, -0.15) is 0 Å². The van der Waals surface area contributed by atoms with Gasteiger partial charge in [0.15, 0.2) is 0 Å². The maximum absolute atomic E-state index is 3.64. The average Bonchev–Trinajstić information content (AvgIpc) is 2.62. The molecule has 0 amide bonds. The third-order valence-electron chi connectivity index (χ3n) is 3.74. The number of rotatable bonds is 5. The van der Waals surface area contributed by atoms with Crippen LogP contribution in [0.1, 0.15) is 57.5 Å². The van der Waals surface area contributed by atoms with Crippen molar-refractivity contribution in [1.29, 1.82) is 0 Å². The monoisotopic (exact) mass is 253 g/mol. The highest BCUT2D eigenvalue weighted by atomic mass is 32.1.